The zero-order valence-electron chi connectivity index (χ0n) is 10.6. The standard InChI is InChI=1S/C13H17BrN2O2S/c14-11-7-15-12(19-11)8-1-3-9(4-2-8)16-13(17)18-10-5-6-10/h7-10H,1-6H2,(H,16,17). The molecular weight excluding hydrogens is 328 g/mol. The number of nitrogens with zero attached hydrogens (tertiary/aromatic N) is 1. The summed E-state index contributed by atoms with van der Waals surface area (Å²) in [6.45, 7) is 0. The van der Waals surface area contributed by atoms with Gasteiger partial charge in [-0.2, -0.15) is 0 Å². The van der Waals surface area contributed by atoms with Crippen LogP contribution in [0.15, 0.2) is 9.98 Å². The van der Waals surface area contributed by atoms with Gasteiger partial charge in [0, 0.05) is 12.0 Å². The van der Waals surface area contributed by atoms with Gasteiger partial charge in [-0.3, -0.25) is 0 Å². The van der Waals surface area contributed by atoms with Gasteiger partial charge in [-0.15, -0.1) is 11.3 Å². The number of ether oxygens (including phenoxy) is 1. The molecule has 1 heterocycles. The molecule has 1 amide bonds. The Balaban J connectivity index is 1.45. The van der Waals surface area contributed by atoms with E-state index in [2.05, 4.69) is 26.2 Å². The summed E-state index contributed by atoms with van der Waals surface area (Å²) in [6, 6.07) is 0.269. The maximum absolute atomic E-state index is 11.6. The molecule has 2 aliphatic carbocycles. The first-order chi connectivity index (χ1) is 9.20. The topological polar surface area (TPSA) is 51.2 Å². The number of amides is 1. The van der Waals surface area contributed by atoms with Gasteiger partial charge >= 0.3 is 6.09 Å². The third-order valence-electron chi connectivity index (χ3n) is 3.69. The number of hydrogen-bond donors (Lipinski definition) is 1. The van der Waals surface area contributed by atoms with Crippen LogP contribution in [0.3, 0.4) is 0 Å². The fourth-order valence-corrected chi connectivity index (χ4v) is 3.89. The first-order valence-corrected chi connectivity index (χ1v) is 8.40. The molecule has 6 heteroatoms. The van der Waals surface area contributed by atoms with Gasteiger partial charge in [0.05, 0.1) is 15.0 Å². The van der Waals surface area contributed by atoms with Crippen molar-refractivity contribution < 1.29 is 9.53 Å². The predicted molar refractivity (Wildman–Crippen MR) is 77.4 cm³/mol. The van der Waals surface area contributed by atoms with Gasteiger partial charge in [0.15, 0.2) is 0 Å². The molecule has 0 atom stereocenters. The maximum atomic E-state index is 11.6. The third kappa shape index (κ3) is 3.69. The molecule has 19 heavy (non-hydrogen) atoms. The molecule has 1 aromatic rings. The van der Waals surface area contributed by atoms with Crippen molar-refractivity contribution in [1.82, 2.24) is 10.3 Å². The molecule has 2 aliphatic rings. The Labute approximate surface area is 125 Å². The van der Waals surface area contributed by atoms with Crippen molar-refractivity contribution in [2.45, 2.75) is 56.6 Å². The van der Waals surface area contributed by atoms with Gasteiger partial charge in [0.2, 0.25) is 0 Å². The van der Waals surface area contributed by atoms with Crippen molar-refractivity contribution in [3.63, 3.8) is 0 Å². The summed E-state index contributed by atoms with van der Waals surface area (Å²) >= 11 is 5.17. The summed E-state index contributed by atoms with van der Waals surface area (Å²) < 4.78 is 6.31. The van der Waals surface area contributed by atoms with Crippen molar-refractivity contribution in [3.05, 3.63) is 15.0 Å². The smallest absolute Gasteiger partial charge is 0.407 e. The summed E-state index contributed by atoms with van der Waals surface area (Å²) in [4.78, 5) is 16.0. The van der Waals surface area contributed by atoms with Crippen molar-refractivity contribution in [3.8, 4) is 0 Å². The molecule has 1 N–H and O–H groups in total. The minimum absolute atomic E-state index is 0.184. The molecule has 0 aromatic carbocycles. The van der Waals surface area contributed by atoms with Crippen LogP contribution in [0.2, 0.25) is 0 Å². The third-order valence-corrected chi connectivity index (χ3v) is 5.33. The minimum atomic E-state index is -0.233. The van der Waals surface area contributed by atoms with Crippen LogP contribution in [0, 0.1) is 0 Å². The van der Waals surface area contributed by atoms with E-state index in [1.54, 1.807) is 11.3 Å². The zero-order chi connectivity index (χ0) is 13.2. The molecule has 0 unspecified atom stereocenters. The van der Waals surface area contributed by atoms with Crippen LogP contribution in [0.25, 0.3) is 0 Å². The summed E-state index contributed by atoms with van der Waals surface area (Å²) in [6.07, 6.45) is 8.09. The lowest BCUT2D eigenvalue weighted by Gasteiger charge is -2.27. The van der Waals surface area contributed by atoms with Crippen LogP contribution in [0.5, 0.6) is 0 Å². The Morgan fingerprint density at radius 1 is 1.32 bits per heavy atom. The van der Waals surface area contributed by atoms with Crippen molar-refractivity contribution in [2.75, 3.05) is 0 Å². The van der Waals surface area contributed by atoms with Crippen LogP contribution in [-0.4, -0.2) is 23.2 Å². The molecule has 4 nitrogen and oxygen atoms in total. The second kappa shape index (κ2) is 5.79. The lowest BCUT2D eigenvalue weighted by atomic mass is 9.86. The first kappa shape index (κ1) is 13.4. The molecule has 104 valence electrons. The Morgan fingerprint density at radius 3 is 2.63 bits per heavy atom. The average molecular weight is 345 g/mol. The van der Waals surface area contributed by atoms with Crippen molar-refractivity contribution in [1.29, 1.82) is 0 Å². The Kier molecular flexibility index (Phi) is 4.07. The van der Waals surface area contributed by atoms with Crippen LogP contribution < -0.4 is 5.32 Å². The van der Waals surface area contributed by atoms with E-state index in [1.807, 2.05) is 6.20 Å². The van der Waals surface area contributed by atoms with Gasteiger partial charge in [-0.1, -0.05) is 0 Å². The number of carbonyl (C=O) groups excluding carboxylic acids is 1. The Bertz CT molecular complexity index is 453. The summed E-state index contributed by atoms with van der Waals surface area (Å²) in [7, 11) is 0. The van der Waals surface area contributed by atoms with E-state index in [0.717, 1.165) is 42.3 Å². The molecular formula is C13H17BrN2O2S. The number of alkyl carbamates (subject to hydrolysis) is 1. The molecule has 0 bridgehead atoms. The van der Waals surface area contributed by atoms with E-state index in [0.29, 0.717) is 5.92 Å². The highest BCUT2D eigenvalue weighted by molar-refractivity contribution is 9.11. The predicted octanol–water partition coefficient (Wildman–Crippen LogP) is 3.82. The number of rotatable bonds is 3. The minimum Gasteiger partial charge on any atom is -0.446 e. The lowest BCUT2D eigenvalue weighted by molar-refractivity contribution is 0.132. The van der Waals surface area contributed by atoms with E-state index < -0.39 is 0 Å². The number of carbonyl (C=O) groups is 1. The van der Waals surface area contributed by atoms with Gasteiger partial charge in [0.1, 0.15) is 6.10 Å². The highest BCUT2D eigenvalue weighted by Crippen LogP contribution is 2.36. The molecule has 1 aromatic heterocycles. The molecule has 0 spiro atoms. The Hall–Kier alpha value is -0.620. The quantitative estimate of drug-likeness (QED) is 0.906. The van der Waals surface area contributed by atoms with Crippen LogP contribution in [0.4, 0.5) is 4.79 Å². The molecule has 2 saturated carbocycles. The molecule has 0 saturated heterocycles. The van der Waals surface area contributed by atoms with Gasteiger partial charge in [0.25, 0.3) is 0 Å². The molecule has 0 aliphatic heterocycles. The van der Waals surface area contributed by atoms with Gasteiger partial charge in [-0.25, -0.2) is 9.78 Å². The number of nitrogens with one attached hydrogen (secondary N) is 1. The Morgan fingerprint density at radius 2 is 2.05 bits per heavy atom. The highest BCUT2D eigenvalue weighted by Gasteiger charge is 2.29. The highest BCUT2D eigenvalue weighted by atomic mass is 79.9. The van der Waals surface area contributed by atoms with E-state index in [9.17, 15) is 4.79 Å². The number of hydrogen-bond acceptors (Lipinski definition) is 4. The van der Waals surface area contributed by atoms with Crippen LogP contribution in [0.1, 0.15) is 49.5 Å². The summed E-state index contributed by atoms with van der Waals surface area (Å²) in [5, 5.41) is 4.19. The first-order valence-electron chi connectivity index (χ1n) is 6.79. The van der Waals surface area contributed by atoms with E-state index in [4.69, 9.17) is 4.74 Å². The fraction of sp³-hybridized carbons (Fsp3) is 0.692. The van der Waals surface area contributed by atoms with Crippen LogP contribution in [-0.2, 0) is 4.74 Å². The molecule has 2 fully saturated rings. The van der Waals surface area contributed by atoms with Crippen LogP contribution >= 0.6 is 27.3 Å². The average Bonchev–Trinajstić information content (AvgIpc) is 3.09. The SMILES string of the molecule is O=C(NC1CCC(c2ncc(Br)s2)CC1)OC1CC1. The van der Waals surface area contributed by atoms with Gasteiger partial charge < -0.3 is 10.1 Å². The van der Waals surface area contributed by atoms with Crippen molar-refractivity contribution >= 4 is 33.4 Å². The van der Waals surface area contributed by atoms with E-state index in [1.165, 1.54) is 5.01 Å². The summed E-state index contributed by atoms with van der Waals surface area (Å²) in [5.74, 6) is 0.550. The molecule has 3 rings (SSSR count). The number of halogens is 1. The molecule has 0 radical (unpaired) electrons. The lowest BCUT2D eigenvalue weighted by Crippen LogP contribution is -2.38. The summed E-state index contributed by atoms with van der Waals surface area (Å²) in [5.41, 5.74) is 0. The maximum Gasteiger partial charge on any atom is 0.407 e. The second-order valence-electron chi connectivity index (χ2n) is 5.30. The monoisotopic (exact) mass is 344 g/mol. The fourth-order valence-electron chi connectivity index (χ4n) is 2.48. The van der Waals surface area contributed by atoms with E-state index >= 15 is 0 Å². The van der Waals surface area contributed by atoms with Crippen molar-refractivity contribution in [2.24, 2.45) is 0 Å². The number of aromatic nitrogens is 1. The zero-order valence-corrected chi connectivity index (χ0v) is 13.0. The normalized spacial score (nSPS) is 27.0. The van der Waals surface area contributed by atoms with Gasteiger partial charge in [-0.05, 0) is 54.5 Å². The van der Waals surface area contributed by atoms with E-state index in [-0.39, 0.29) is 18.2 Å². The largest absolute Gasteiger partial charge is 0.446 e. The second-order valence-corrected chi connectivity index (χ2v) is 7.74. The number of thiazole rings is 1.